The molecule has 0 spiro atoms. The van der Waals surface area contributed by atoms with Gasteiger partial charge in [-0.05, 0) is 27.2 Å². The average molecular weight is 255 g/mol. The number of carbonyl (C=O) groups excluding carboxylic acids is 2. The highest BCUT2D eigenvalue weighted by atomic mass is 16.6. The number of hydrogen-bond donors (Lipinski definition) is 1. The summed E-state index contributed by atoms with van der Waals surface area (Å²) >= 11 is 0. The summed E-state index contributed by atoms with van der Waals surface area (Å²) in [5.74, 6) is -0.292. The number of ketones is 1. The second-order valence-corrected chi connectivity index (χ2v) is 5.61. The smallest absolute Gasteiger partial charge is 0.410 e. The van der Waals surface area contributed by atoms with Crippen LogP contribution in [0.15, 0.2) is 11.8 Å². The molecule has 1 atom stereocenters. The summed E-state index contributed by atoms with van der Waals surface area (Å²) in [4.78, 5) is 25.2. The summed E-state index contributed by atoms with van der Waals surface area (Å²) in [6, 6.07) is 0. The lowest BCUT2D eigenvalue weighted by atomic mass is 9.99. The summed E-state index contributed by atoms with van der Waals surface area (Å²) in [5, 5.41) is 9.07. The van der Waals surface area contributed by atoms with Gasteiger partial charge in [-0.3, -0.25) is 4.79 Å². The normalized spacial score (nSPS) is 24.0. The maximum Gasteiger partial charge on any atom is 0.410 e. The summed E-state index contributed by atoms with van der Waals surface area (Å²) in [6.07, 6.45) is 0.917. The van der Waals surface area contributed by atoms with E-state index in [-0.39, 0.29) is 23.8 Å². The fraction of sp³-hybridized carbons (Fsp3) is 0.692. The number of hydrogen-bond acceptors (Lipinski definition) is 4. The Morgan fingerprint density at radius 3 is 2.61 bits per heavy atom. The minimum atomic E-state index is -0.567. The molecular formula is C13H21NO4. The van der Waals surface area contributed by atoms with Crippen LogP contribution in [0.25, 0.3) is 0 Å². The van der Waals surface area contributed by atoms with E-state index in [4.69, 9.17) is 9.84 Å². The molecule has 1 amide bonds. The zero-order valence-corrected chi connectivity index (χ0v) is 11.4. The molecule has 1 rings (SSSR count). The van der Waals surface area contributed by atoms with Crippen LogP contribution in [0.4, 0.5) is 4.79 Å². The van der Waals surface area contributed by atoms with Crippen LogP contribution in [0.1, 0.15) is 34.1 Å². The molecule has 1 aliphatic rings. The third-order valence-corrected chi connectivity index (χ3v) is 2.76. The minimum absolute atomic E-state index is 0.106. The lowest BCUT2D eigenvalue weighted by Gasteiger charge is -2.26. The van der Waals surface area contributed by atoms with Gasteiger partial charge in [0.05, 0.1) is 12.8 Å². The van der Waals surface area contributed by atoms with Crippen molar-refractivity contribution in [1.82, 2.24) is 4.90 Å². The van der Waals surface area contributed by atoms with E-state index in [0.717, 1.165) is 6.26 Å². The SMILES string of the molecule is CC1CCN(C(=O)OC(C)(C)C)C/C(=C\O)C1=O. The quantitative estimate of drug-likeness (QED) is 0.532. The summed E-state index contributed by atoms with van der Waals surface area (Å²) < 4.78 is 5.26. The molecule has 5 nitrogen and oxygen atoms in total. The molecule has 0 aromatic rings. The third kappa shape index (κ3) is 3.75. The first-order valence-electron chi connectivity index (χ1n) is 6.10. The maximum atomic E-state index is 11.9. The highest BCUT2D eigenvalue weighted by molar-refractivity contribution is 5.97. The number of carbonyl (C=O) groups is 2. The minimum Gasteiger partial charge on any atom is -0.515 e. The Bertz CT molecular complexity index is 368. The van der Waals surface area contributed by atoms with E-state index in [1.54, 1.807) is 27.7 Å². The Hall–Kier alpha value is -1.52. The number of aliphatic hydroxyl groups is 1. The maximum absolute atomic E-state index is 11.9. The zero-order chi connectivity index (χ0) is 13.9. The van der Waals surface area contributed by atoms with Crippen molar-refractivity contribution >= 4 is 11.9 Å². The van der Waals surface area contributed by atoms with Crippen molar-refractivity contribution in [3.63, 3.8) is 0 Å². The summed E-state index contributed by atoms with van der Waals surface area (Å²) in [6.45, 7) is 7.73. The molecule has 1 heterocycles. The van der Waals surface area contributed by atoms with Crippen molar-refractivity contribution in [3.05, 3.63) is 11.8 Å². The van der Waals surface area contributed by atoms with E-state index in [2.05, 4.69) is 0 Å². The molecule has 0 radical (unpaired) electrons. The van der Waals surface area contributed by atoms with Gasteiger partial charge in [-0.2, -0.15) is 0 Å². The van der Waals surface area contributed by atoms with Gasteiger partial charge in [-0.15, -0.1) is 0 Å². The van der Waals surface area contributed by atoms with Crippen LogP contribution >= 0.6 is 0 Å². The zero-order valence-electron chi connectivity index (χ0n) is 11.4. The van der Waals surface area contributed by atoms with E-state index in [1.165, 1.54) is 4.90 Å². The van der Waals surface area contributed by atoms with Crippen LogP contribution in [0.3, 0.4) is 0 Å². The van der Waals surface area contributed by atoms with Crippen LogP contribution in [-0.2, 0) is 9.53 Å². The van der Waals surface area contributed by atoms with E-state index in [1.807, 2.05) is 0 Å². The molecule has 1 N–H and O–H groups in total. The molecule has 0 aromatic carbocycles. The first kappa shape index (κ1) is 14.5. The number of rotatable bonds is 0. The Kier molecular flexibility index (Phi) is 4.38. The van der Waals surface area contributed by atoms with Gasteiger partial charge in [0.15, 0.2) is 5.78 Å². The number of Topliss-reactive ketones (excluding diaryl/α,β-unsaturated/α-hetero) is 1. The molecule has 0 saturated carbocycles. The van der Waals surface area contributed by atoms with Gasteiger partial charge >= 0.3 is 6.09 Å². The van der Waals surface area contributed by atoms with Crippen molar-refractivity contribution in [1.29, 1.82) is 0 Å². The molecule has 1 unspecified atom stereocenters. The lowest BCUT2D eigenvalue weighted by molar-refractivity contribution is -0.118. The average Bonchev–Trinajstić information content (AvgIpc) is 2.38. The largest absolute Gasteiger partial charge is 0.515 e. The molecule has 0 aliphatic carbocycles. The highest BCUT2D eigenvalue weighted by Gasteiger charge is 2.30. The van der Waals surface area contributed by atoms with Crippen LogP contribution in [0, 0.1) is 5.92 Å². The standard InChI is InChI=1S/C13H21NO4/c1-9-5-6-14(7-10(8-15)11(9)16)12(17)18-13(2,3)4/h8-9,15H,5-7H2,1-4H3/b10-8+. The fourth-order valence-electron chi connectivity index (χ4n) is 1.75. The fourth-order valence-corrected chi connectivity index (χ4v) is 1.75. The molecule has 1 aliphatic heterocycles. The lowest BCUT2D eigenvalue weighted by Crippen LogP contribution is -2.38. The monoisotopic (exact) mass is 255 g/mol. The van der Waals surface area contributed by atoms with Crippen LogP contribution < -0.4 is 0 Å². The van der Waals surface area contributed by atoms with Crippen molar-refractivity contribution in [3.8, 4) is 0 Å². The summed E-state index contributed by atoms with van der Waals surface area (Å²) in [5.41, 5.74) is -0.312. The van der Waals surface area contributed by atoms with E-state index in [9.17, 15) is 9.59 Å². The van der Waals surface area contributed by atoms with Gasteiger partial charge in [0.25, 0.3) is 0 Å². The highest BCUT2D eigenvalue weighted by Crippen LogP contribution is 2.19. The van der Waals surface area contributed by atoms with Gasteiger partial charge in [0, 0.05) is 18.0 Å². The molecule has 18 heavy (non-hydrogen) atoms. The van der Waals surface area contributed by atoms with Crippen molar-refractivity contribution in [2.75, 3.05) is 13.1 Å². The van der Waals surface area contributed by atoms with Crippen molar-refractivity contribution in [2.24, 2.45) is 5.92 Å². The second-order valence-electron chi connectivity index (χ2n) is 5.61. The van der Waals surface area contributed by atoms with Crippen LogP contribution in [0.5, 0.6) is 0 Å². The molecular weight excluding hydrogens is 234 g/mol. The number of aliphatic hydroxyl groups excluding tert-OH is 1. The number of amides is 1. The molecule has 1 saturated heterocycles. The number of nitrogens with zero attached hydrogens (tertiary/aromatic N) is 1. The Balaban J connectivity index is 2.79. The Morgan fingerprint density at radius 1 is 1.50 bits per heavy atom. The number of ether oxygens (including phenoxy) is 1. The van der Waals surface area contributed by atoms with E-state index in [0.29, 0.717) is 13.0 Å². The predicted octanol–water partition coefficient (Wildman–Crippen LogP) is 2.27. The molecule has 1 fully saturated rings. The predicted molar refractivity (Wildman–Crippen MR) is 67.3 cm³/mol. The topological polar surface area (TPSA) is 66.8 Å². The second kappa shape index (κ2) is 5.42. The first-order valence-corrected chi connectivity index (χ1v) is 6.10. The Labute approximate surface area is 107 Å². The van der Waals surface area contributed by atoms with Crippen LogP contribution in [-0.4, -0.2) is 40.6 Å². The molecule has 5 heteroatoms. The van der Waals surface area contributed by atoms with Crippen LogP contribution in [0.2, 0.25) is 0 Å². The van der Waals surface area contributed by atoms with E-state index < -0.39 is 11.7 Å². The molecule has 0 aromatic heterocycles. The molecule has 0 bridgehead atoms. The molecule has 102 valence electrons. The number of likely N-dealkylation sites (tertiary alicyclic amines) is 1. The van der Waals surface area contributed by atoms with E-state index >= 15 is 0 Å². The third-order valence-electron chi connectivity index (χ3n) is 2.76. The summed E-state index contributed by atoms with van der Waals surface area (Å²) in [7, 11) is 0. The van der Waals surface area contributed by atoms with Gasteiger partial charge in [0.2, 0.25) is 0 Å². The van der Waals surface area contributed by atoms with Gasteiger partial charge in [-0.25, -0.2) is 4.79 Å². The van der Waals surface area contributed by atoms with Gasteiger partial charge in [0.1, 0.15) is 5.60 Å². The van der Waals surface area contributed by atoms with Gasteiger partial charge in [-0.1, -0.05) is 6.92 Å². The first-order chi connectivity index (χ1) is 8.24. The van der Waals surface area contributed by atoms with Gasteiger partial charge < -0.3 is 14.7 Å². The van der Waals surface area contributed by atoms with Crippen molar-refractivity contribution in [2.45, 2.75) is 39.7 Å². The Morgan fingerprint density at radius 2 is 2.11 bits per heavy atom. The van der Waals surface area contributed by atoms with Crippen molar-refractivity contribution < 1.29 is 19.4 Å².